The van der Waals surface area contributed by atoms with Gasteiger partial charge in [-0.05, 0) is 69.0 Å². The first-order valence-electron chi connectivity index (χ1n) is 25.9. The number of carboxylic acid groups (broad SMARTS) is 1. The van der Waals surface area contributed by atoms with Gasteiger partial charge in [0, 0.05) is 65.8 Å². The van der Waals surface area contributed by atoms with Gasteiger partial charge in [-0.15, -0.1) is 0 Å². The Hall–Kier alpha value is -5.73. The molecule has 0 aromatic heterocycles. The third-order valence-corrected chi connectivity index (χ3v) is 14.2. The smallest absolute Gasteiger partial charge is 0.326 e. The number of imide groups is 1. The molecule has 408 valence electrons. The molecule has 0 radical (unpaired) electrons. The van der Waals surface area contributed by atoms with Crippen molar-refractivity contribution in [1.82, 2.24) is 41.1 Å². The van der Waals surface area contributed by atoms with Gasteiger partial charge in [-0.1, -0.05) is 91.6 Å². The highest BCUT2D eigenvalue weighted by Gasteiger charge is 2.44. The number of methoxy groups -OCH3 is 2. The van der Waals surface area contributed by atoms with Gasteiger partial charge < -0.3 is 35.0 Å². The number of rotatable bonds is 31. The van der Waals surface area contributed by atoms with E-state index in [2.05, 4.69) is 21.5 Å². The summed E-state index contributed by atoms with van der Waals surface area (Å²) >= 11 is 0. The van der Waals surface area contributed by atoms with Crippen LogP contribution in [0.25, 0.3) is 0 Å². The van der Waals surface area contributed by atoms with Gasteiger partial charge in [0.05, 0.1) is 42.7 Å². The maximum absolute atomic E-state index is 14.6. The van der Waals surface area contributed by atoms with Crippen LogP contribution >= 0.6 is 0 Å². The second kappa shape index (κ2) is 30.5. The van der Waals surface area contributed by atoms with Crippen LogP contribution in [-0.2, 0) is 59.0 Å². The number of nitrogens with one attached hydrogen (secondary N) is 4. The van der Waals surface area contributed by atoms with Crippen LogP contribution in [-0.4, -0.2) is 168 Å². The van der Waals surface area contributed by atoms with E-state index >= 15 is 0 Å². The Morgan fingerprint density at radius 1 is 0.795 bits per heavy atom. The molecule has 9 atom stereocenters. The number of benzene rings is 1. The van der Waals surface area contributed by atoms with E-state index in [0.717, 1.165) is 10.5 Å². The van der Waals surface area contributed by atoms with Crippen LogP contribution in [0.2, 0.25) is 0 Å². The van der Waals surface area contributed by atoms with Crippen molar-refractivity contribution in [2.75, 3.05) is 47.9 Å². The molecule has 2 aliphatic rings. The quantitative estimate of drug-likeness (QED) is 0.0408. The van der Waals surface area contributed by atoms with E-state index in [1.54, 1.807) is 55.1 Å². The Labute approximate surface area is 432 Å². The third kappa shape index (κ3) is 18.3. The number of ether oxygens (including phenoxy) is 2. The Morgan fingerprint density at radius 3 is 1.96 bits per heavy atom. The molecular formula is C53H84N8O12. The number of amides is 8. The van der Waals surface area contributed by atoms with Gasteiger partial charge in [0.1, 0.15) is 12.1 Å². The minimum atomic E-state index is -1.16. The highest BCUT2D eigenvalue weighted by molar-refractivity contribution is 6.12. The van der Waals surface area contributed by atoms with Crippen molar-refractivity contribution in [3.8, 4) is 0 Å². The molecule has 20 nitrogen and oxygen atoms in total. The van der Waals surface area contributed by atoms with Crippen molar-refractivity contribution in [3.05, 3.63) is 48.0 Å². The van der Waals surface area contributed by atoms with Crippen molar-refractivity contribution in [1.29, 1.82) is 0 Å². The topological polar surface area (TPSA) is 253 Å². The summed E-state index contributed by atoms with van der Waals surface area (Å²) in [5, 5.41) is 15.7. The first-order valence-corrected chi connectivity index (χ1v) is 25.9. The number of likely N-dealkylation sites (tertiary alicyclic amines) is 1. The molecule has 1 aromatic rings. The highest BCUT2D eigenvalue weighted by atomic mass is 16.5. The summed E-state index contributed by atoms with van der Waals surface area (Å²) in [4.78, 5) is 124. The average Bonchev–Trinajstić information content (AvgIpc) is 3.97. The number of aliphatic carboxylic acids is 1. The van der Waals surface area contributed by atoms with E-state index in [1.165, 1.54) is 26.4 Å². The maximum atomic E-state index is 14.6. The normalized spacial score (nSPS) is 18.0. The van der Waals surface area contributed by atoms with Crippen LogP contribution in [0.3, 0.4) is 0 Å². The van der Waals surface area contributed by atoms with Crippen molar-refractivity contribution >= 4 is 53.2 Å². The second-order valence-corrected chi connectivity index (χ2v) is 20.3. The van der Waals surface area contributed by atoms with Gasteiger partial charge in [0.15, 0.2) is 0 Å². The van der Waals surface area contributed by atoms with Crippen LogP contribution in [0.5, 0.6) is 0 Å². The minimum absolute atomic E-state index is 0.0766. The fraction of sp³-hybridized carbons (Fsp3) is 0.679. The summed E-state index contributed by atoms with van der Waals surface area (Å²) < 4.78 is 11.9. The number of hydrazine groups is 1. The molecule has 5 N–H and O–H groups in total. The van der Waals surface area contributed by atoms with Gasteiger partial charge in [-0.25, -0.2) is 4.79 Å². The lowest BCUT2D eigenvalue weighted by molar-refractivity contribution is -0.148. The predicted octanol–water partition coefficient (Wildman–Crippen LogP) is 3.23. The molecule has 8 amide bonds. The summed E-state index contributed by atoms with van der Waals surface area (Å²) in [6.45, 7) is 14.2. The molecule has 0 aliphatic carbocycles. The Bertz CT molecular complexity index is 2030. The van der Waals surface area contributed by atoms with E-state index in [-0.39, 0.29) is 85.4 Å². The van der Waals surface area contributed by atoms with E-state index in [1.807, 2.05) is 52.5 Å². The summed E-state index contributed by atoms with van der Waals surface area (Å²) in [7, 11) is 6.43. The first kappa shape index (κ1) is 61.6. The summed E-state index contributed by atoms with van der Waals surface area (Å²) in [6, 6.07) is 5.23. The predicted molar refractivity (Wildman–Crippen MR) is 274 cm³/mol. The van der Waals surface area contributed by atoms with Crippen LogP contribution < -0.4 is 21.5 Å². The summed E-state index contributed by atoms with van der Waals surface area (Å²) in [5.74, 6) is -5.47. The molecule has 2 heterocycles. The number of carboxylic acids is 1. The summed E-state index contributed by atoms with van der Waals surface area (Å²) in [5.41, 5.74) is 5.61. The lowest BCUT2D eigenvalue weighted by Crippen LogP contribution is -2.60. The Balaban J connectivity index is 1.60. The van der Waals surface area contributed by atoms with Gasteiger partial charge in [0.2, 0.25) is 35.4 Å². The zero-order valence-corrected chi connectivity index (χ0v) is 45.0. The zero-order valence-electron chi connectivity index (χ0n) is 45.0. The standard InChI is InChI=1S/C53H84N8O12/c1-12-35(6)48(40(72-10)32-45(66)60-30-19-23-39(60)49(73-11)36(7)50(67)54-38(53(70)71)31-37-21-15-13-16-22-37)59(9)52(69)46(33(2)3)55-51(68)47(34(4)5)58(8)28-20-25-42(63)57-56-41(62)24-17-14-18-29-61-43(64)26-27-44(61)65/h13,15-16,21-22,26-27,33-36,38-40,46-49H,12,14,17-20,23-25,28-32H2,1-11H3,(H,54,67)(H,55,68)(H,56,62)(H,57,63)(H,70,71)/t35-,36+,38-,39-,40+,46-,47-,48?,49+/m0/s1. The molecule has 20 heteroatoms. The van der Waals surface area contributed by atoms with Crippen LogP contribution in [0.4, 0.5) is 0 Å². The lowest BCUT2D eigenvalue weighted by atomic mass is 9.89. The number of carbonyl (C=O) groups excluding carboxylic acids is 8. The van der Waals surface area contributed by atoms with Crippen molar-refractivity contribution in [2.45, 2.75) is 162 Å². The number of unbranched alkanes of at least 4 members (excludes halogenated alkanes) is 2. The van der Waals surface area contributed by atoms with E-state index < -0.39 is 66.1 Å². The third-order valence-electron chi connectivity index (χ3n) is 14.2. The Morgan fingerprint density at radius 2 is 1.41 bits per heavy atom. The molecule has 1 aromatic carbocycles. The molecule has 0 bridgehead atoms. The van der Waals surface area contributed by atoms with Gasteiger partial charge in [0.25, 0.3) is 11.8 Å². The number of likely N-dealkylation sites (N-methyl/N-ethyl adjacent to an activating group) is 2. The van der Waals surface area contributed by atoms with Crippen LogP contribution in [0.15, 0.2) is 42.5 Å². The SMILES string of the molecule is CC[C@H](C)C([C@@H](CC(=O)N1CCC[C@H]1[C@H](OC)[C@@H](C)C(=O)N[C@@H](Cc1ccccc1)C(=O)O)OC)N(C)C(=O)[C@@H](NC(=O)[C@H](C(C)C)N(C)CCCC(=O)NNC(=O)CCCCCN1C(=O)C=CC1=O)C(C)C. The molecule has 3 rings (SSSR count). The monoisotopic (exact) mass is 1020 g/mol. The minimum Gasteiger partial charge on any atom is -0.480 e. The van der Waals surface area contributed by atoms with Crippen molar-refractivity contribution in [2.24, 2.45) is 23.7 Å². The first-order chi connectivity index (χ1) is 34.6. The lowest BCUT2D eigenvalue weighted by Gasteiger charge is -2.41. The van der Waals surface area contributed by atoms with Gasteiger partial charge in [-0.3, -0.25) is 59.0 Å². The van der Waals surface area contributed by atoms with E-state index in [9.17, 15) is 48.3 Å². The Kier molecular flexibility index (Phi) is 25.7. The number of hydrogen-bond donors (Lipinski definition) is 5. The average molecular weight is 1030 g/mol. The highest BCUT2D eigenvalue weighted by Crippen LogP contribution is 2.30. The second-order valence-electron chi connectivity index (χ2n) is 20.3. The molecule has 0 spiro atoms. The van der Waals surface area contributed by atoms with Crippen LogP contribution in [0.1, 0.15) is 118 Å². The molecule has 1 unspecified atom stereocenters. The zero-order chi connectivity index (χ0) is 54.5. The molecule has 1 saturated heterocycles. The fourth-order valence-electron chi connectivity index (χ4n) is 9.92. The molecule has 0 saturated carbocycles. The molecule has 2 aliphatic heterocycles. The fourth-order valence-corrected chi connectivity index (χ4v) is 9.92. The van der Waals surface area contributed by atoms with Crippen molar-refractivity contribution < 1.29 is 57.7 Å². The maximum Gasteiger partial charge on any atom is 0.326 e. The summed E-state index contributed by atoms with van der Waals surface area (Å²) in [6.07, 6.45) is 5.19. The van der Waals surface area contributed by atoms with E-state index in [0.29, 0.717) is 58.0 Å². The number of nitrogens with zero attached hydrogens (tertiary/aromatic N) is 4. The van der Waals surface area contributed by atoms with Crippen LogP contribution in [0, 0.1) is 23.7 Å². The van der Waals surface area contributed by atoms with Crippen molar-refractivity contribution in [3.63, 3.8) is 0 Å². The number of hydrogen-bond acceptors (Lipinski definition) is 12. The van der Waals surface area contributed by atoms with E-state index in [4.69, 9.17) is 9.47 Å². The molecule has 73 heavy (non-hydrogen) atoms. The molecular weight excluding hydrogens is 941 g/mol. The van der Waals surface area contributed by atoms with Gasteiger partial charge in [-0.2, -0.15) is 0 Å². The molecule has 1 fully saturated rings. The largest absolute Gasteiger partial charge is 0.480 e. The van der Waals surface area contributed by atoms with Gasteiger partial charge >= 0.3 is 5.97 Å². The number of carbonyl (C=O) groups is 9.